The normalized spacial score (nSPS) is 12.2. The van der Waals surface area contributed by atoms with Gasteiger partial charge in [-0.2, -0.15) is 15.3 Å². The summed E-state index contributed by atoms with van der Waals surface area (Å²) < 4.78 is 4.89. The van der Waals surface area contributed by atoms with Crippen LogP contribution in [0, 0.1) is 30.9 Å². The summed E-state index contributed by atoms with van der Waals surface area (Å²) in [4.78, 5) is 23.3. The summed E-state index contributed by atoms with van der Waals surface area (Å²) in [5, 5.41) is 26.8. The van der Waals surface area contributed by atoms with Crippen molar-refractivity contribution in [2.24, 2.45) is 0 Å². The maximum Gasteiger partial charge on any atom is 0.312 e. The maximum absolute atomic E-state index is 12.6. The summed E-state index contributed by atoms with van der Waals surface area (Å²) in [6, 6.07) is 1.39. The Morgan fingerprint density at radius 2 is 1.97 bits per heavy atom. The first-order valence-corrected chi connectivity index (χ1v) is 9.27. The van der Waals surface area contributed by atoms with E-state index in [1.807, 2.05) is 25.5 Å². The molecule has 0 saturated carbocycles. The number of nitrogens with one attached hydrogen (secondary N) is 1. The van der Waals surface area contributed by atoms with Gasteiger partial charge in [-0.15, -0.1) is 0 Å². The highest BCUT2D eigenvalue weighted by Crippen LogP contribution is 2.22. The van der Waals surface area contributed by atoms with Gasteiger partial charge in [0.15, 0.2) is 0 Å². The minimum absolute atomic E-state index is 0.00746. The first kappa shape index (κ1) is 20.2. The van der Waals surface area contributed by atoms with Gasteiger partial charge in [0.1, 0.15) is 23.8 Å². The highest BCUT2D eigenvalue weighted by Gasteiger charge is 2.22. The third kappa shape index (κ3) is 3.89. The molecule has 0 bridgehead atoms. The SMILES string of the molecule is CCn1ncc(C(C)NC(=O)c2ccn(Cn3nc(C)c([N+](=O)[O-])c3C)n2)c1C. The van der Waals surface area contributed by atoms with E-state index in [0.29, 0.717) is 11.4 Å². The van der Waals surface area contributed by atoms with Crippen molar-refractivity contribution in [2.45, 2.75) is 53.9 Å². The second-order valence-corrected chi connectivity index (χ2v) is 6.85. The molecule has 0 aliphatic rings. The summed E-state index contributed by atoms with van der Waals surface area (Å²) in [5.74, 6) is -0.306. The highest BCUT2D eigenvalue weighted by atomic mass is 16.6. The summed E-state index contributed by atoms with van der Waals surface area (Å²) in [5.41, 5.74) is 2.99. The Morgan fingerprint density at radius 3 is 2.55 bits per heavy atom. The summed E-state index contributed by atoms with van der Waals surface area (Å²) in [6.07, 6.45) is 3.40. The van der Waals surface area contributed by atoms with Crippen molar-refractivity contribution in [1.82, 2.24) is 34.7 Å². The molecule has 0 radical (unpaired) electrons. The van der Waals surface area contributed by atoms with Crippen LogP contribution in [0.1, 0.15) is 53.0 Å². The molecule has 0 saturated heterocycles. The number of rotatable bonds is 7. The van der Waals surface area contributed by atoms with Crippen molar-refractivity contribution >= 4 is 11.6 Å². The number of amides is 1. The number of hydrogen-bond donors (Lipinski definition) is 1. The Kier molecular flexibility index (Phi) is 5.48. The molecule has 0 spiro atoms. The first-order valence-electron chi connectivity index (χ1n) is 9.27. The molecule has 3 aromatic rings. The van der Waals surface area contributed by atoms with Crippen molar-refractivity contribution in [3.63, 3.8) is 0 Å². The molecule has 3 rings (SSSR count). The van der Waals surface area contributed by atoms with Gasteiger partial charge in [0, 0.05) is 24.0 Å². The van der Waals surface area contributed by atoms with E-state index in [4.69, 9.17) is 0 Å². The van der Waals surface area contributed by atoms with Crippen LogP contribution >= 0.6 is 0 Å². The zero-order chi connectivity index (χ0) is 21.3. The van der Waals surface area contributed by atoms with E-state index in [2.05, 4.69) is 20.6 Å². The van der Waals surface area contributed by atoms with Gasteiger partial charge in [-0.25, -0.2) is 4.68 Å². The minimum Gasteiger partial charge on any atom is -0.344 e. The molecule has 1 unspecified atom stereocenters. The van der Waals surface area contributed by atoms with Crippen molar-refractivity contribution in [1.29, 1.82) is 0 Å². The van der Waals surface area contributed by atoms with Gasteiger partial charge in [-0.3, -0.25) is 24.3 Å². The van der Waals surface area contributed by atoms with Gasteiger partial charge >= 0.3 is 5.69 Å². The third-order valence-electron chi connectivity index (χ3n) is 4.93. The highest BCUT2D eigenvalue weighted by molar-refractivity contribution is 5.92. The van der Waals surface area contributed by atoms with Gasteiger partial charge in [-0.05, 0) is 40.7 Å². The van der Waals surface area contributed by atoms with Crippen LogP contribution < -0.4 is 5.32 Å². The molecule has 11 nitrogen and oxygen atoms in total. The van der Waals surface area contributed by atoms with Crippen LogP contribution in [0.2, 0.25) is 0 Å². The zero-order valence-corrected chi connectivity index (χ0v) is 17.1. The molecule has 1 atom stereocenters. The predicted octanol–water partition coefficient (Wildman–Crippen LogP) is 2.13. The second kappa shape index (κ2) is 7.86. The Balaban J connectivity index is 1.71. The number of nitrogens with zero attached hydrogens (tertiary/aromatic N) is 7. The Labute approximate surface area is 167 Å². The summed E-state index contributed by atoms with van der Waals surface area (Å²) in [6.45, 7) is 10.0. The smallest absolute Gasteiger partial charge is 0.312 e. The first-order chi connectivity index (χ1) is 13.7. The lowest BCUT2D eigenvalue weighted by atomic mass is 10.1. The van der Waals surface area contributed by atoms with Crippen LogP contribution in [0.25, 0.3) is 0 Å². The van der Waals surface area contributed by atoms with Crippen LogP contribution in [0.4, 0.5) is 5.69 Å². The standard InChI is InChI=1S/C18H24N8O3/c1-6-24-13(4)15(9-19-24)11(2)20-18(27)16-7-8-23(22-16)10-25-14(5)17(26(28)29)12(3)21-25/h7-9,11H,6,10H2,1-5H3,(H,20,27). The van der Waals surface area contributed by atoms with Crippen molar-refractivity contribution in [2.75, 3.05) is 0 Å². The fourth-order valence-electron chi connectivity index (χ4n) is 3.34. The van der Waals surface area contributed by atoms with Crippen molar-refractivity contribution in [3.8, 4) is 0 Å². The number of hydrogen-bond acceptors (Lipinski definition) is 6. The van der Waals surface area contributed by atoms with Crippen LogP contribution in [-0.2, 0) is 13.2 Å². The number of carbonyl (C=O) groups excluding carboxylic acids is 1. The van der Waals surface area contributed by atoms with Crippen LogP contribution in [0.3, 0.4) is 0 Å². The molecule has 0 aliphatic carbocycles. The van der Waals surface area contributed by atoms with E-state index >= 15 is 0 Å². The molecule has 1 amide bonds. The van der Waals surface area contributed by atoms with E-state index in [0.717, 1.165) is 17.8 Å². The molecule has 0 aliphatic heterocycles. The lowest BCUT2D eigenvalue weighted by Crippen LogP contribution is -2.27. The molecule has 0 fully saturated rings. The van der Waals surface area contributed by atoms with E-state index in [1.165, 1.54) is 9.36 Å². The van der Waals surface area contributed by atoms with Gasteiger partial charge in [0.05, 0.1) is 17.2 Å². The van der Waals surface area contributed by atoms with Gasteiger partial charge in [0.25, 0.3) is 5.91 Å². The fourth-order valence-corrected chi connectivity index (χ4v) is 3.34. The molecule has 154 valence electrons. The van der Waals surface area contributed by atoms with Gasteiger partial charge < -0.3 is 5.32 Å². The van der Waals surface area contributed by atoms with Crippen LogP contribution in [-0.4, -0.2) is 40.2 Å². The second-order valence-electron chi connectivity index (χ2n) is 6.85. The van der Waals surface area contributed by atoms with E-state index in [-0.39, 0.29) is 30.0 Å². The van der Waals surface area contributed by atoms with Crippen molar-refractivity contribution in [3.05, 3.63) is 56.9 Å². The average molecular weight is 400 g/mol. The maximum atomic E-state index is 12.6. The topological polar surface area (TPSA) is 126 Å². The molecule has 11 heteroatoms. The molecule has 3 aromatic heterocycles. The lowest BCUT2D eigenvalue weighted by Gasteiger charge is -2.13. The molecular formula is C18H24N8O3. The largest absolute Gasteiger partial charge is 0.344 e. The Bertz CT molecular complexity index is 1060. The number of nitro groups is 1. The van der Waals surface area contributed by atoms with Gasteiger partial charge in [-0.1, -0.05) is 0 Å². The zero-order valence-electron chi connectivity index (χ0n) is 17.1. The quantitative estimate of drug-likeness (QED) is 0.478. The number of aromatic nitrogens is 6. The predicted molar refractivity (Wildman–Crippen MR) is 104 cm³/mol. The van der Waals surface area contributed by atoms with Gasteiger partial charge in [0.2, 0.25) is 0 Å². The van der Waals surface area contributed by atoms with E-state index < -0.39 is 4.92 Å². The molecular weight excluding hydrogens is 376 g/mol. The van der Waals surface area contributed by atoms with E-state index in [1.54, 1.807) is 32.3 Å². The number of carbonyl (C=O) groups is 1. The Hall–Kier alpha value is -3.50. The van der Waals surface area contributed by atoms with Crippen molar-refractivity contribution < 1.29 is 9.72 Å². The van der Waals surface area contributed by atoms with Crippen LogP contribution in [0.15, 0.2) is 18.5 Å². The van der Waals surface area contributed by atoms with E-state index in [9.17, 15) is 14.9 Å². The number of aryl methyl sites for hydroxylation is 2. The summed E-state index contributed by atoms with van der Waals surface area (Å²) >= 11 is 0. The molecule has 3 heterocycles. The fraction of sp³-hybridized carbons (Fsp3) is 0.444. The molecule has 29 heavy (non-hydrogen) atoms. The minimum atomic E-state index is -0.444. The van der Waals surface area contributed by atoms with Crippen LogP contribution in [0.5, 0.6) is 0 Å². The third-order valence-corrected chi connectivity index (χ3v) is 4.93. The lowest BCUT2D eigenvalue weighted by molar-refractivity contribution is -0.386. The average Bonchev–Trinajstić information content (AvgIpc) is 3.33. The monoisotopic (exact) mass is 400 g/mol. The molecule has 1 N–H and O–H groups in total. The molecule has 0 aromatic carbocycles. The Morgan fingerprint density at radius 1 is 1.24 bits per heavy atom. The summed E-state index contributed by atoms with van der Waals surface area (Å²) in [7, 11) is 0.